The third kappa shape index (κ3) is 4.44. The van der Waals surface area contributed by atoms with Crippen molar-refractivity contribution in [2.45, 2.75) is 19.4 Å². The molecular weight excluding hydrogens is 232 g/mol. The first-order chi connectivity index (χ1) is 8.67. The van der Waals surface area contributed by atoms with Crippen LogP contribution in [-0.2, 0) is 4.79 Å². The van der Waals surface area contributed by atoms with Crippen molar-refractivity contribution in [3.05, 3.63) is 29.8 Å². The van der Waals surface area contributed by atoms with Gasteiger partial charge in [-0.1, -0.05) is 19.1 Å². The van der Waals surface area contributed by atoms with Crippen molar-refractivity contribution in [3.8, 4) is 11.8 Å². The Morgan fingerprint density at radius 1 is 1.50 bits per heavy atom. The van der Waals surface area contributed by atoms with Gasteiger partial charge < -0.3 is 15.2 Å². The van der Waals surface area contributed by atoms with E-state index in [4.69, 9.17) is 10.00 Å². The van der Waals surface area contributed by atoms with Gasteiger partial charge in [0.25, 0.3) is 5.91 Å². The van der Waals surface area contributed by atoms with Crippen LogP contribution in [0.5, 0.6) is 5.75 Å². The smallest absolute Gasteiger partial charge is 0.258 e. The highest BCUT2D eigenvalue weighted by Gasteiger charge is 2.05. The number of rotatable bonds is 6. The van der Waals surface area contributed by atoms with E-state index in [0.717, 1.165) is 5.56 Å². The van der Waals surface area contributed by atoms with Crippen molar-refractivity contribution in [1.29, 1.82) is 5.26 Å². The second-order valence-electron chi connectivity index (χ2n) is 3.72. The topological polar surface area (TPSA) is 82.3 Å². The SMILES string of the molecule is CC[C@H](O)c1ccc(OCC(=O)NCC#N)cc1. The van der Waals surface area contributed by atoms with Crippen LogP contribution in [0.3, 0.4) is 0 Å². The molecule has 1 aromatic carbocycles. The van der Waals surface area contributed by atoms with Gasteiger partial charge in [0.05, 0.1) is 12.2 Å². The predicted octanol–water partition coefficient (Wildman–Crippen LogP) is 1.15. The maximum atomic E-state index is 11.2. The zero-order chi connectivity index (χ0) is 13.4. The molecule has 0 aliphatic rings. The first-order valence-electron chi connectivity index (χ1n) is 5.71. The third-order valence-corrected chi connectivity index (χ3v) is 2.39. The molecule has 96 valence electrons. The fourth-order valence-electron chi connectivity index (χ4n) is 1.36. The van der Waals surface area contributed by atoms with Crippen molar-refractivity contribution in [2.75, 3.05) is 13.2 Å². The monoisotopic (exact) mass is 248 g/mol. The van der Waals surface area contributed by atoms with Crippen LogP contribution in [0.15, 0.2) is 24.3 Å². The van der Waals surface area contributed by atoms with Crippen LogP contribution >= 0.6 is 0 Å². The zero-order valence-electron chi connectivity index (χ0n) is 10.2. The Morgan fingerprint density at radius 3 is 2.72 bits per heavy atom. The van der Waals surface area contributed by atoms with E-state index in [1.807, 2.05) is 13.0 Å². The maximum Gasteiger partial charge on any atom is 0.258 e. The van der Waals surface area contributed by atoms with E-state index in [9.17, 15) is 9.90 Å². The summed E-state index contributed by atoms with van der Waals surface area (Å²) >= 11 is 0. The lowest BCUT2D eigenvalue weighted by Crippen LogP contribution is -2.28. The molecule has 0 fully saturated rings. The molecule has 0 bridgehead atoms. The van der Waals surface area contributed by atoms with Gasteiger partial charge in [-0.05, 0) is 24.1 Å². The number of hydrogen-bond donors (Lipinski definition) is 2. The average molecular weight is 248 g/mol. The Labute approximate surface area is 106 Å². The second-order valence-corrected chi connectivity index (χ2v) is 3.72. The lowest BCUT2D eigenvalue weighted by atomic mass is 10.1. The van der Waals surface area contributed by atoms with Gasteiger partial charge in [-0.15, -0.1) is 0 Å². The Kier molecular flexibility index (Phi) is 5.68. The Morgan fingerprint density at radius 2 is 2.17 bits per heavy atom. The fourth-order valence-corrected chi connectivity index (χ4v) is 1.36. The van der Waals surface area contributed by atoms with Crippen LogP contribution in [0.2, 0.25) is 0 Å². The molecule has 5 heteroatoms. The number of carbonyl (C=O) groups excluding carboxylic acids is 1. The summed E-state index contributed by atoms with van der Waals surface area (Å²) in [6, 6.07) is 8.73. The van der Waals surface area contributed by atoms with Crippen LogP contribution in [0.1, 0.15) is 25.0 Å². The van der Waals surface area contributed by atoms with E-state index >= 15 is 0 Å². The summed E-state index contributed by atoms with van der Waals surface area (Å²) in [5.41, 5.74) is 0.818. The molecule has 2 N–H and O–H groups in total. The summed E-state index contributed by atoms with van der Waals surface area (Å²) < 4.78 is 5.23. The van der Waals surface area contributed by atoms with Crippen molar-refractivity contribution >= 4 is 5.91 Å². The molecule has 0 aliphatic carbocycles. The molecule has 18 heavy (non-hydrogen) atoms. The molecule has 5 nitrogen and oxygen atoms in total. The molecule has 0 aromatic heterocycles. The summed E-state index contributed by atoms with van der Waals surface area (Å²) in [6.07, 6.45) is 0.175. The number of benzene rings is 1. The van der Waals surface area contributed by atoms with Crippen LogP contribution in [0.25, 0.3) is 0 Å². The normalized spacial score (nSPS) is 11.4. The van der Waals surface area contributed by atoms with Gasteiger partial charge in [0.1, 0.15) is 12.3 Å². The van der Waals surface area contributed by atoms with Gasteiger partial charge in [0.15, 0.2) is 6.61 Å². The van der Waals surface area contributed by atoms with Crippen molar-refractivity contribution in [3.63, 3.8) is 0 Å². The van der Waals surface area contributed by atoms with Crippen LogP contribution in [0, 0.1) is 11.3 Å². The molecule has 0 saturated heterocycles. The van der Waals surface area contributed by atoms with Gasteiger partial charge >= 0.3 is 0 Å². The predicted molar refractivity (Wildman–Crippen MR) is 65.8 cm³/mol. The van der Waals surface area contributed by atoms with Crippen molar-refractivity contribution in [2.24, 2.45) is 0 Å². The van der Waals surface area contributed by atoms with E-state index in [2.05, 4.69) is 5.32 Å². The number of ether oxygens (including phenoxy) is 1. The van der Waals surface area contributed by atoms with Crippen molar-refractivity contribution in [1.82, 2.24) is 5.32 Å². The molecule has 1 atom stereocenters. The summed E-state index contributed by atoms with van der Waals surface area (Å²) in [7, 11) is 0. The molecule has 0 heterocycles. The molecule has 1 rings (SSSR count). The first-order valence-corrected chi connectivity index (χ1v) is 5.71. The first kappa shape index (κ1) is 14.0. The van der Waals surface area contributed by atoms with Gasteiger partial charge in [-0.3, -0.25) is 4.79 Å². The van der Waals surface area contributed by atoms with E-state index in [1.165, 1.54) is 0 Å². The van der Waals surface area contributed by atoms with Gasteiger partial charge in [0.2, 0.25) is 0 Å². The minimum atomic E-state index is -0.474. The van der Waals surface area contributed by atoms with Gasteiger partial charge in [-0.2, -0.15) is 5.26 Å². The van der Waals surface area contributed by atoms with Crippen LogP contribution < -0.4 is 10.1 Å². The summed E-state index contributed by atoms with van der Waals surface area (Å²) in [4.78, 5) is 11.2. The van der Waals surface area contributed by atoms with Crippen LogP contribution in [-0.4, -0.2) is 24.2 Å². The number of amides is 1. The van der Waals surface area contributed by atoms with E-state index < -0.39 is 6.10 Å². The number of nitrogens with one attached hydrogen (secondary N) is 1. The molecule has 0 unspecified atom stereocenters. The highest BCUT2D eigenvalue weighted by Crippen LogP contribution is 2.19. The van der Waals surface area contributed by atoms with Crippen molar-refractivity contribution < 1.29 is 14.6 Å². The Hall–Kier alpha value is -2.06. The highest BCUT2D eigenvalue weighted by molar-refractivity contribution is 5.77. The molecular formula is C13H16N2O3. The number of hydrogen-bond acceptors (Lipinski definition) is 4. The summed E-state index contributed by atoms with van der Waals surface area (Å²) in [5.74, 6) is 0.211. The number of aliphatic hydroxyl groups is 1. The minimum Gasteiger partial charge on any atom is -0.484 e. The Bertz CT molecular complexity index is 423. The molecule has 0 aliphatic heterocycles. The van der Waals surface area contributed by atoms with E-state index in [0.29, 0.717) is 12.2 Å². The minimum absolute atomic E-state index is 0.0240. The van der Waals surface area contributed by atoms with Gasteiger partial charge in [-0.25, -0.2) is 0 Å². The fraction of sp³-hybridized carbons (Fsp3) is 0.385. The summed E-state index contributed by atoms with van der Waals surface area (Å²) in [5, 5.41) is 20.3. The third-order valence-electron chi connectivity index (χ3n) is 2.39. The van der Waals surface area contributed by atoms with E-state index in [-0.39, 0.29) is 19.1 Å². The molecule has 0 radical (unpaired) electrons. The number of carbonyl (C=O) groups is 1. The van der Waals surface area contributed by atoms with E-state index in [1.54, 1.807) is 24.3 Å². The average Bonchev–Trinajstić information content (AvgIpc) is 2.42. The Balaban J connectivity index is 2.44. The lowest BCUT2D eigenvalue weighted by molar-refractivity contribution is -0.122. The summed E-state index contributed by atoms with van der Waals surface area (Å²) in [6.45, 7) is 1.75. The maximum absolute atomic E-state index is 11.2. The quantitative estimate of drug-likeness (QED) is 0.740. The largest absolute Gasteiger partial charge is 0.484 e. The molecule has 1 amide bonds. The van der Waals surface area contributed by atoms with Gasteiger partial charge in [0, 0.05) is 0 Å². The zero-order valence-corrected chi connectivity index (χ0v) is 10.2. The number of nitriles is 1. The molecule has 0 spiro atoms. The number of nitrogens with zero attached hydrogens (tertiary/aromatic N) is 1. The molecule has 0 saturated carbocycles. The standard InChI is InChI=1S/C13H16N2O3/c1-2-12(16)10-3-5-11(6-4-10)18-9-13(17)15-8-7-14/h3-6,12,16H,2,8-9H2,1H3,(H,15,17)/t12-/m0/s1. The number of aliphatic hydroxyl groups excluding tert-OH is 1. The molecule has 1 aromatic rings. The van der Waals surface area contributed by atoms with Crippen LogP contribution in [0.4, 0.5) is 0 Å². The highest BCUT2D eigenvalue weighted by atomic mass is 16.5. The second kappa shape index (κ2) is 7.30. The lowest BCUT2D eigenvalue weighted by Gasteiger charge is -2.09.